The van der Waals surface area contributed by atoms with E-state index in [1.54, 1.807) is 0 Å². The van der Waals surface area contributed by atoms with E-state index in [9.17, 15) is 0 Å². The van der Waals surface area contributed by atoms with Crippen molar-refractivity contribution in [3.8, 4) is 0 Å². The molecule has 2 atom stereocenters. The van der Waals surface area contributed by atoms with E-state index in [0.717, 1.165) is 5.02 Å². The molecule has 3 heteroatoms. The van der Waals surface area contributed by atoms with E-state index >= 15 is 0 Å². The van der Waals surface area contributed by atoms with Crippen LogP contribution in [0.2, 0.25) is 5.02 Å². The molecule has 6 rings (SSSR count). The highest BCUT2D eigenvalue weighted by Gasteiger charge is 2.58. The van der Waals surface area contributed by atoms with Crippen LogP contribution >= 0.6 is 11.6 Å². The summed E-state index contributed by atoms with van der Waals surface area (Å²) in [7, 11) is 0. The second kappa shape index (κ2) is 7.29. The Hall–Kier alpha value is -2.45. The van der Waals surface area contributed by atoms with Gasteiger partial charge in [-0.3, -0.25) is 0 Å². The lowest BCUT2D eigenvalue weighted by Crippen LogP contribution is -2.54. The van der Waals surface area contributed by atoms with Gasteiger partial charge in [0, 0.05) is 44.1 Å². The van der Waals surface area contributed by atoms with E-state index in [1.807, 2.05) is 0 Å². The van der Waals surface area contributed by atoms with Gasteiger partial charge in [-0.2, -0.15) is 0 Å². The van der Waals surface area contributed by atoms with Gasteiger partial charge in [-0.15, -0.1) is 0 Å². The fourth-order valence-electron chi connectivity index (χ4n) is 7.49. The third-order valence-electron chi connectivity index (χ3n) is 10.3. The lowest BCUT2D eigenvalue weighted by atomic mass is 9.61. The number of benzene rings is 3. The molecule has 0 bridgehead atoms. The van der Waals surface area contributed by atoms with Gasteiger partial charge in [0.25, 0.3) is 0 Å². The summed E-state index contributed by atoms with van der Waals surface area (Å²) < 4.78 is 0. The van der Waals surface area contributed by atoms with Crippen LogP contribution in [0.4, 0.5) is 22.7 Å². The topological polar surface area (TPSA) is 6.48 Å². The van der Waals surface area contributed by atoms with Crippen LogP contribution in [-0.2, 0) is 10.8 Å². The van der Waals surface area contributed by atoms with Crippen LogP contribution < -0.4 is 9.80 Å². The Balaban J connectivity index is 1.55. The molecule has 2 heterocycles. The number of hydrogen-bond donors (Lipinski definition) is 0. The molecular weight excluding hydrogens is 448 g/mol. The third kappa shape index (κ3) is 2.84. The molecule has 0 spiro atoms. The first-order chi connectivity index (χ1) is 16.5. The van der Waals surface area contributed by atoms with Crippen molar-refractivity contribution in [3.63, 3.8) is 0 Å². The zero-order valence-electron chi connectivity index (χ0n) is 22.0. The summed E-state index contributed by atoms with van der Waals surface area (Å²) in [5, 5.41) is 0.793. The second-order valence-corrected chi connectivity index (χ2v) is 12.8. The van der Waals surface area contributed by atoms with Gasteiger partial charge in [0.2, 0.25) is 0 Å². The van der Waals surface area contributed by atoms with Crippen molar-refractivity contribution in [2.75, 3.05) is 9.80 Å². The van der Waals surface area contributed by atoms with Crippen LogP contribution in [-0.4, -0.2) is 11.1 Å². The zero-order chi connectivity index (χ0) is 24.8. The minimum absolute atomic E-state index is 0.000238. The molecule has 0 saturated heterocycles. The van der Waals surface area contributed by atoms with Crippen LogP contribution in [0.3, 0.4) is 0 Å². The first kappa shape index (κ1) is 23.0. The highest BCUT2D eigenvalue weighted by Crippen LogP contribution is 2.61. The fraction of sp³-hybridized carbons (Fsp3) is 0.438. The first-order valence-electron chi connectivity index (χ1n) is 13.1. The van der Waals surface area contributed by atoms with Gasteiger partial charge in [0.15, 0.2) is 0 Å². The number of para-hydroxylation sites is 2. The number of anilines is 4. The van der Waals surface area contributed by atoms with E-state index in [4.69, 9.17) is 11.6 Å². The number of nitrogens with zero attached hydrogens (tertiary/aromatic N) is 2. The summed E-state index contributed by atoms with van der Waals surface area (Å²) in [6.07, 6.45) is 4.98. The van der Waals surface area contributed by atoms with Crippen molar-refractivity contribution in [2.24, 2.45) is 0 Å². The van der Waals surface area contributed by atoms with Crippen LogP contribution in [0.5, 0.6) is 0 Å². The standard InChI is InChI=1S/C32H37ClN2/c1-29(2)25-13-7-9-15-27(25)34(30(29,3)4)23-19-22(33)20-24(21-23)35-28-16-10-8-14-26(28)31(5)17-11-12-18-32(31,35)6/h7-10,13-16,19-21H,11-12,17-18H2,1-6H3. The van der Waals surface area contributed by atoms with Crippen molar-refractivity contribution in [1.29, 1.82) is 0 Å². The summed E-state index contributed by atoms with van der Waals surface area (Å²) in [5.41, 5.74) is 7.92. The van der Waals surface area contributed by atoms with E-state index in [2.05, 4.69) is 118 Å². The molecule has 0 radical (unpaired) electrons. The van der Waals surface area contributed by atoms with E-state index in [-0.39, 0.29) is 21.9 Å². The molecule has 0 amide bonds. The minimum Gasteiger partial charge on any atom is -0.335 e. The van der Waals surface area contributed by atoms with Crippen molar-refractivity contribution in [3.05, 3.63) is 82.9 Å². The summed E-state index contributed by atoms with van der Waals surface area (Å²) in [5.74, 6) is 0. The molecule has 0 aromatic heterocycles. The van der Waals surface area contributed by atoms with Crippen LogP contribution in [0.25, 0.3) is 0 Å². The maximum atomic E-state index is 6.93. The smallest absolute Gasteiger partial charge is 0.0517 e. The summed E-state index contributed by atoms with van der Waals surface area (Å²) >= 11 is 6.93. The SMILES string of the molecule is CC1(C)c2ccccc2N(c2cc(Cl)cc(N3c4ccccc4C4(C)CCCCC34C)c2)C1(C)C. The van der Waals surface area contributed by atoms with Crippen LogP contribution in [0.15, 0.2) is 66.7 Å². The zero-order valence-corrected chi connectivity index (χ0v) is 22.7. The van der Waals surface area contributed by atoms with Crippen molar-refractivity contribution < 1.29 is 0 Å². The molecule has 3 aromatic rings. The molecule has 2 unspecified atom stereocenters. The van der Waals surface area contributed by atoms with Gasteiger partial charge in [-0.05, 0) is 75.1 Å². The highest BCUT2D eigenvalue weighted by molar-refractivity contribution is 6.31. The molecule has 2 aliphatic heterocycles. The summed E-state index contributed by atoms with van der Waals surface area (Å²) in [4.78, 5) is 5.14. The Bertz CT molecular complexity index is 1320. The molecule has 0 N–H and O–H groups in total. The Kier molecular flexibility index (Phi) is 4.79. The number of fused-ring (bicyclic) bond motifs is 4. The number of halogens is 1. The van der Waals surface area contributed by atoms with Gasteiger partial charge >= 0.3 is 0 Å². The van der Waals surface area contributed by atoms with E-state index in [1.165, 1.54) is 59.6 Å². The Morgan fingerprint density at radius 3 is 1.89 bits per heavy atom. The largest absolute Gasteiger partial charge is 0.335 e. The van der Waals surface area contributed by atoms with E-state index < -0.39 is 0 Å². The average molecular weight is 485 g/mol. The molecular formula is C32H37ClN2. The molecule has 182 valence electrons. The van der Waals surface area contributed by atoms with Gasteiger partial charge in [0.05, 0.1) is 5.54 Å². The molecule has 1 fully saturated rings. The van der Waals surface area contributed by atoms with Gasteiger partial charge < -0.3 is 9.80 Å². The summed E-state index contributed by atoms with van der Waals surface area (Å²) in [6.45, 7) is 14.4. The predicted octanol–water partition coefficient (Wildman–Crippen LogP) is 9.29. The third-order valence-corrected chi connectivity index (χ3v) is 10.5. The lowest BCUT2D eigenvalue weighted by Gasteiger charge is -2.50. The maximum Gasteiger partial charge on any atom is 0.0517 e. The van der Waals surface area contributed by atoms with E-state index in [0.29, 0.717) is 0 Å². The van der Waals surface area contributed by atoms with Crippen LogP contribution in [0, 0.1) is 0 Å². The molecule has 3 aromatic carbocycles. The molecule has 1 saturated carbocycles. The maximum absolute atomic E-state index is 6.93. The fourth-order valence-corrected chi connectivity index (χ4v) is 7.71. The number of rotatable bonds is 2. The lowest BCUT2D eigenvalue weighted by molar-refractivity contribution is 0.195. The highest BCUT2D eigenvalue weighted by atomic mass is 35.5. The molecule has 1 aliphatic carbocycles. The van der Waals surface area contributed by atoms with Crippen molar-refractivity contribution >= 4 is 34.4 Å². The molecule has 3 aliphatic rings. The Labute approximate surface area is 215 Å². The van der Waals surface area contributed by atoms with Crippen molar-refractivity contribution in [1.82, 2.24) is 0 Å². The normalized spacial score (nSPS) is 28.0. The predicted molar refractivity (Wildman–Crippen MR) is 150 cm³/mol. The van der Waals surface area contributed by atoms with Crippen molar-refractivity contribution in [2.45, 2.75) is 89.1 Å². The van der Waals surface area contributed by atoms with Gasteiger partial charge in [0.1, 0.15) is 0 Å². The molecule has 35 heavy (non-hydrogen) atoms. The average Bonchev–Trinajstić information content (AvgIpc) is 3.12. The van der Waals surface area contributed by atoms with Crippen LogP contribution in [0.1, 0.15) is 78.4 Å². The monoisotopic (exact) mass is 484 g/mol. The second-order valence-electron chi connectivity index (χ2n) is 12.4. The Morgan fingerprint density at radius 2 is 1.20 bits per heavy atom. The van der Waals surface area contributed by atoms with Gasteiger partial charge in [-0.1, -0.05) is 81.6 Å². The first-order valence-corrected chi connectivity index (χ1v) is 13.5. The molecule has 2 nitrogen and oxygen atoms in total. The Morgan fingerprint density at radius 1 is 0.657 bits per heavy atom. The minimum atomic E-state index is -0.106. The summed E-state index contributed by atoms with van der Waals surface area (Å²) in [6, 6.07) is 24.6. The van der Waals surface area contributed by atoms with Gasteiger partial charge in [-0.25, -0.2) is 0 Å². The number of hydrogen-bond acceptors (Lipinski definition) is 2. The quantitative estimate of drug-likeness (QED) is 0.357.